The molecule has 0 saturated carbocycles. The van der Waals surface area contributed by atoms with E-state index in [1.54, 1.807) is 6.07 Å². The van der Waals surface area contributed by atoms with Gasteiger partial charge in [0.05, 0.1) is 18.8 Å². The number of hydrogen-bond donors (Lipinski definition) is 0. The molecule has 1 rings (SSSR count). The first-order valence-corrected chi connectivity index (χ1v) is 6.25. The average molecular weight is 254 g/mol. The van der Waals surface area contributed by atoms with Gasteiger partial charge in [0, 0.05) is 6.07 Å². The lowest BCUT2D eigenvalue weighted by Crippen LogP contribution is -2.11. The van der Waals surface area contributed by atoms with Crippen LogP contribution in [0.2, 0.25) is 0 Å². The quantitative estimate of drug-likeness (QED) is 0.405. The minimum absolute atomic E-state index is 0.0222. The Morgan fingerprint density at radius 2 is 1.67 bits per heavy atom. The Hall–Kier alpha value is -1.26. The summed E-state index contributed by atoms with van der Waals surface area (Å²) in [5.74, 6) is 1.37. The van der Waals surface area contributed by atoms with Crippen molar-refractivity contribution in [2.45, 2.75) is 39.9 Å². The van der Waals surface area contributed by atoms with Gasteiger partial charge in [-0.2, -0.15) is 4.89 Å². The molecule has 0 spiro atoms. The van der Waals surface area contributed by atoms with Crippen LogP contribution in [0.3, 0.4) is 0 Å². The maximum Gasteiger partial charge on any atom is 0.169 e. The summed E-state index contributed by atoms with van der Waals surface area (Å²) in [5, 5.41) is 0. The van der Waals surface area contributed by atoms with E-state index in [1.165, 1.54) is 0 Å². The molecule has 1 aromatic carbocycles. The molecule has 0 aliphatic carbocycles. The molecule has 0 atom stereocenters. The molecule has 0 fully saturated rings. The van der Waals surface area contributed by atoms with Gasteiger partial charge in [-0.1, -0.05) is 6.07 Å². The second-order valence-corrected chi connectivity index (χ2v) is 4.47. The first-order chi connectivity index (χ1) is 8.58. The van der Waals surface area contributed by atoms with Crippen LogP contribution in [0.4, 0.5) is 0 Å². The zero-order valence-electron chi connectivity index (χ0n) is 11.5. The largest absolute Gasteiger partial charge is 0.491 e. The monoisotopic (exact) mass is 254 g/mol. The molecule has 0 radical (unpaired) electrons. The van der Waals surface area contributed by atoms with Gasteiger partial charge in [0.1, 0.15) is 12.4 Å². The van der Waals surface area contributed by atoms with Crippen molar-refractivity contribution < 1.29 is 19.2 Å². The zero-order valence-corrected chi connectivity index (χ0v) is 11.5. The molecule has 0 N–H and O–H groups in total. The number of benzene rings is 1. The smallest absolute Gasteiger partial charge is 0.169 e. The van der Waals surface area contributed by atoms with E-state index in [-0.39, 0.29) is 12.2 Å². The molecule has 0 aromatic heterocycles. The number of ether oxygens (including phenoxy) is 2. The maximum absolute atomic E-state index is 5.54. The van der Waals surface area contributed by atoms with Crippen LogP contribution in [0, 0.1) is 0 Å². The van der Waals surface area contributed by atoms with Crippen molar-refractivity contribution in [2.24, 2.45) is 0 Å². The van der Waals surface area contributed by atoms with Gasteiger partial charge in [-0.3, -0.25) is 0 Å². The third-order valence-electron chi connectivity index (χ3n) is 1.95. The van der Waals surface area contributed by atoms with E-state index >= 15 is 0 Å². The molecule has 1 aromatic rings. The van der Waals surface area contributed by atoms with Gasteiger partial charge in [0.2, 0.25) is 0 Å². The Morgan fingerprint density at radius 3 is 2.33 bits per heavy atom. The first kappa shape index (κ1) is 14.8. The van der Waals surface area contributed by atoms with Crippen LogP contribution in [0.1, 0.15) is 27.7 Å². The Bertz CT molecular complexity index is 336. The van der Waals surface area contributed by atoms with Crippen molar-refractivity contribution in [1.82, 2.24) is 0 Å². The fraction of sp³-hybridized carbons (Fsp3) is 0.571. The fourth-order valence-electron chi connectivity index (χ4n) is 1.21. The summed E-state index contributed by atoms with van der Waals surface area (Å²) < 4.78 is 10.9. The third kappa shape index (κ3) is 6.47. The minimum atomic E-state index is 0.0222. The van der Waals surface area contributed by atoms with Gasteiger partial charge in [0.15, 0.2) is 5.75 Å². The molecular formula is C14H22O4. The van der Waals surface area contributed by atoms with Crippen molar-refractivity contribution in [3.05, 3.63) is 24.3 Å². The molecule has 0 saturated heterocycles. The SMILES string of the molecule is CC(C)OCCOc1cccc(OOC(C)C)c1. The van der Waals surface area contributed by atoms with Crippen LogP contribution >= 0.6 is 0 Å². The van der Waals surface area contributed by atoms with Gasteiger partial charge in [-0.15, -0.1) is 0 Å². The molecular weight excluding hydrogens is 232 g/mol. The second kappa shape index (κ2) is 7.95. The van der Waals surface area contributed by atoms with E-state index in [2.05, 4.69) is 0 Å². The summed E-state index contributed by atoms with van der Waals surface area (Å²) in [6.45, 7) is 8.90. The lowest BCUT2D eigenvalue weighted by atomic mass is 10.3. The predicted molar refractivity (Wildman–Crippen MR) is 69.9 cm³/mol. The van der Waals surface area contributed by atoms with E-state index < -0.39 is 0 Å². The molecule has 0 heterocycles. The predicted octanol–water partition coefficient (Wildman–Crippen LogP) is 3.21. The molecule has 0 aliphatic heterocycles. The topological polar surface area (TPSA) is 36.9 Å². The molecule has 0 amide bonds. The van der Waals surface area contributed by atoms with Crippen molar-refractivity contribution in [3.8, 4) is 11.5 Å². The Morgan fingerprint density at radius 1 is 0.944 bits per heavy atom. The Labute approximate surface area is 109 Å². The standard InChI is InChI=1S/C14H22O4/c1-11(2)15-8-9-16-13-6-5-7-14(10-13)18-17-12(3)4/h5-7,10-12H,8-9H2,1-4H3. The van der Waals surface area contributed by atoms with E-state index in [0.29, 0.717) is 19.0 Å². The van der Waals surface area contributed by atoms with E-state index in [0.717, 1.165) is 5.75 Å². The lowest BCUT2D eigenvalue weighted by Gasteiger charge is -2.11. The highest BCUT2D eigenvalue weighted by Gasteiger charge is 2.01. The Kier molecular flexibility index (Phi) is 6.54. The highest BCUT2D eigenvalue weighted by Crippen LogP contribution is 2.19. The molecule has 0 bridgehead atoms. The Balaban J connectivity index is 2.34. The minimum Gasteiger partial charge on any atom is -0.491 e. The van der Waals surface area contributed by atoms with Gasteiger partial charge in [-0.05, 0) is 39.8 Å². The fourth-order valence-corrected chi connectivity index (χ4v) is 1.21. The third-order valence-corrected chi connectivity index (χ3v) is 1.95. The maximum atomic E-state index is 5.54. The first-order valence-electron chi connectivity index (χ1n) is 6.25. The van der Waals surface area contributed by atoms with Gasteiger partial charge < -0.3 is 14.4 Å². The zero-order chi connectivity index (χ0) is 13.4. The van der Waals surface area contributed by atoms with Crippen LogP contribution in [0.15, 0.2) is 24.3 Å². The second-order valence-electron chi connectivity index (χ2n) is 4.47. The van der Waals surface area contributed by atoms with Crippen molar-refractivity contribution in [1.29, 1.82) is 0 Å². The van der Waals surface area contributed by atoms with Crippen LogP contribution in [0.5, 0.6) is 11.5 Å². The number of rotatable bonds is 8. The summed E-state index contributed by atoms with van der Waals surface area (Å²) in [6.07, 6.45) is 0.247. The molecule has 0 unspecified atom stereocenters. The van der Waals surface area contributed by atoms with Crippen LogP contribution in [0.25, 0.3) is 0 Å². The summed E-state index contributed by atoms with van der Waals surface area (Å²) in [5.41, 5.74) is 0. The molecule has 0 aliphatic rings. The average Bonchev–Trinajstić information content (AvgIpc) is 2.32. The van der Waals surface area contributed by atoms with Crippen LogP contribution in [-0.4, -0.2) is 25.4 Å². The molecule has 18 heavy (non-hydrogen) atoms. The van der Waals surface area contributed by atoms with E-state index in [9.17, 15) is 0 Å². The van der Waals surface area contributed by atoms with Gasteiger partial charge in [0.25, 0.3) is 0 Å². The highest BCUT2D eigenvalue weighted by molar-refractivity contribution is 5.32. The van der Waals surface area contributed by atoms with E-state index in [4.69, 9.17) is 19.2 Å². The molecule has 4 nitrogen and oxygen atoms in total. The summed E-state index contributed by atoms with van der Waals surface area (Å²) in [4.78, 5) is 10.2. The normalized spacial score (nSPS) is 11.0. The van der Waals surface area contributed by atoms with Gasteiger partial charge >= 0.3 is 0 Å². The highest BCUT2D eigenvalue weighted by atomic mass is 17.2. The van der Waals surface area contributed by atoms with E-state index in [1.807, 2.05) is 45.9 Å². The van der Waals surface area contributed by atoms with Gasteiger partial charge in [-0.25, -0.2) is 0 Å². The van der Waals surface area contributed by atoms with Crippen LogP contribution < -0.4 is 9.62 Å². The van der Waals surface area contributed by atoms with Crippen molar-refractivity contribution in [3.63, 3.8) is 0 Å². The van der Waals surface area contributed by atoms with Crippen molar-refractivity contribution >= 4 is 0 Å². The number of hydrogen-bond acceptors (Lipinski definition) is 4. The summed E-state index contributed by atoms with van der Waals surface area (Å²) >= 11 is 0. The lowest BCUT2D eigenvalue weighted by molar-refractivity contribution is -0.234. The molecule has 4 heteroatoms. The molecule has 102 valence electrons. The summed E-state index contributed by atoms with van der Waals surface area (Å²) in [7, 11) is 0. The van der Waals surface area contributed by atoms with Crippen LogP contribution in [-0.2, 0) is 9.62 Å². The summed E-state index contributed by atoms with van der Waals surface area (Å²) in [6, 6.07) is 7.34. The van der Waals surface area contributed by atoms with Crippen molar-refractivity contribution in [2.75, 3.05) is 13.2 Å².